The fourth-order valence-corrected chi connectivity index (χ4v) is 1.80. The van der Waals surface area contributed by atoms with Gasteiger partial charge in [0.15, 0.2) is 0 Å². The van der Waals surface area contributed by atoms with Crippen LogP contribution in [0.25, 0.3) is 0 Å². The highest BCUT2D eigenvalue weighted by Crippen LogP contribution is 2.06. The van der Waals surface area contributed by atoms with Gasteiger partial charge in [0, 0.05) is 18.1 Å². The maximum atomic E-state index is 5.45. The predicted octanol–water partition coefficient (Wildman–Crippen LogP) is -0.169. The Kier molecular flexibility index (Phi) is 4.57. The van der Waals surface area contributed by atoms with E-state index in [1.807, 2.05) is 25.9 Å². The molecule has 0 aliphatic carbocycles. The Morgan fingerprint density at radius 2 is 1.73 bits per heavy atom. The summed E-state index contributed by atoms with van der Waals surface area (Å²) < 4.78 is 0. The summed E-state index contributed by atoms with van der Waals surface area (Å²) in [6.07, 6.45) is 0.759. The standard InChI is InChI=1S/C8H16N6S/c1-14(2)5-15-4-3-6-11-7(9)13-8(10)12-6/h3-5H2,1-2H3,(H4,9,10,11,12,13). The second kappa shape index (κ2) is 5.72. The number of nitrogens with zero attached hydrogens (tertiary/aromatic N) is 4. The Balaban J connectivity index is 2.37. The first kappa shape index (κ1) is 12.0. The molecule has 0 bridgehead atoms. The van der Waals surface area contributed by atoms with Crippen molar-refractivity contribution in [2.24, 2.45) is 0 Å². The van der Waals surface area contributed by atoms with Gasteiger partial charge in [0.1, 0.15) is 5.82 Å². The van der Waals surface area contributed by atoms with Crippen molar-refractivity contribution in [3.8, 4) is 0 Å². The van der Waals surface area contributed by atoms with Gasteiger partial charge in [-0.3, -0.25) is 0 Å². The Hall–Kier alpha value is -1.08. The molecule has 0 aliphatic heterocycles. The molecule has 84 valence electrons. The van der Waals surface area contributed by atoms with Crippen LogP contribution >= 0.6 is 11.8 Å². The van der Waals surface area contributed by atoms with E-state index < -0.39 is 0 Å². The minimum absolute atomic E-state index is 0.190. The maximum absolute atomic E-state index is 5.45. The lowest BCUT2D eigenvalue weighted by Crippen LogP contribution is -2.11. The van der Waals surface area contributed by atoms with Crippen LogP contribution in [0, 0.1) is 0 Å². The van der Waals surface area contributed by atoms with E-state index in [0.717, 1.165) is 18.1 Å². The zero-order valence-electron chi connectivity index (χ0n) is 8.97. The molecule has 6 nitrogen and oxygen atoms in total. The minimum Gasteiger partial charge on any atom is -0.368 e. The van der Waals surface area contributed by atoms with Crippen molar-refractivity contribution in [1.29, 1.82) is 0 Å². The molecule has 0 fully saturated rings. The Labute approximate surface area is 93.5 Å². The minimum atomic E-state index is 0.190. The van der Waals surface area contributed by atoms with Gasteiger partial charge in [0.25, 0.3) is 0 Å². The van der Waals surface area contributed by atoms with E-state index in [9.17, 15) is 0 Å². The van der Waals surface area contributed by atoms with Crippen molar-refractivity contribution < 1.29 is 0 Å². The van der Waals surface area contributed by atoms with Gasteiger partial charge in [-0.1, -0.05) is 0 Å². The number of hydrogen-bond acceptors (Lipinski definition) is 7. The molecule has 1 heterocycles. The van der Waals surface area contributed by atoms with Crippen molar-refractivity contribution in [3.05, 3.63) is 5.82 Å². The van der Waals surface area contributed by atoms with E-state index in [0.29, 0.717) is 5.82 Å². The SMILES string of the molecule is CN(C)CSCCc1nc(N)nc(N)n1. The van der Waals surface area contributed by atoms with E-state index in [1.54, 1.807) is 0 Å². The first-order valence-electron chi connectivity index (χ1n) is 4.56. The summed E-state index contributed by atoms with van der Waals surface area (Å²) in [5.41, 5.74) is 10.9. The molecule has 0 amide bonds. The lowest BCUT2D eigenvalue weighted by atomic mass is 10.4. The van der Waals surface area contributed by atoms with Crippen molar-refractivity contribution in [2.75, 3.05) is 37.2 Å². The van der Waals surface area contributed by atoms with Crippen LogP contribution in [-0.4, -0.2) is 45.6 Å². The topological polar surface area (TPSA) is 94.0 Å². The number of hydrogen-bond donors (Lipinski definition) is 2. The predicted molar refractivity (Wildman–Crippen MR) is 63.4 cm³/mol. The number of aryl methyl sites for hydroxylation is 1. The highest BCUT2D eigenvalue weighted by Gasteiger charge is 2.01. The third-order valence-electron chi connectivity index (χ3n) is 1.54. The van der Waals surface area contributed by atoms with Crippen LogP contribution in [-0.2, 0) is 6.42 Å². The first-order chi connectivity index (χ1) is 7.08. The highest BCUT2D eigenvalue weighted by atomic mass is 32.2. The highest BCUT2D eigenvalue weighted by molar-refractivity contribution is 7.99. The molecular formula is C8H16N6S. The van der Waals surface area contributed by atoms with Crippen molar-refractivity contribution in [3.63, 3.8) is 0 Å². The summed E-state index contributed by atoms with van der Waals surface area (Å²) in [6, 6.07) is 0. The third-order valence-corrected chi connectivity index (χ3v) is 2.73. The molecule has 1 aromatic rings. The van der Waals surface area contributed by atoms with Gasteiger partial charge >= 0.3 is 0 Å². The van der Waals surface area contributed by atoms with Gasteiger partial charge < -0.3 is 16.4 Å². The average Bonchev–Trinajstić information content (AvgIpc) is 2.10. The molecule has 7 heteroatoms. The van der Waals surface area contributed by atoms with E-state index in [2.05, 4.69) is 19.9 Å². The molecule has 0 aromatic carbocycles. The van der Waals surface area contributed by atoms with E-state index in [1.165, 1.54) is 0 Å². The molecule has 0 aliphatic rings. The molecule has 15 heavy (non-hydrogen) atoms. The van der Waals surface area contributed by atoms with Crippen LogP contribution in [0.5, 0.6) is 0 Å². The number of nitrogen functional groups attached to an aromatic ring is 2. The normalized spacial score (nSPS) is 10.9. The van der Waals surface area contributed by atoms with Gasteiger partial charge in [0.05, 0.1) is 0 Å². The molecule has 0 unspecified atom stereocenters. The third kappa shape index (κ3) is 4.80. The number of nitrogens with two attached hydrogens (primary N) is 2. The smallest absolute Gasteiger partial charge is 0.225 e. The van der Waals surface area contributed by atoms with Gasteiger partial charge in [-0.25, -0.2) is 0 Å². The van der Waals surface area contributed by atoms with Crippen LogP contribution in [0.2, 0.25) is 0 Å². The second-order valence-corrected chi connectivity index (χ2v) is 4.41. The Bertz CT molecular complexity index is 296. The van der Waals surface area contributed by atoms with Crippen LogP contribution in [0.4, 0.5) is 11.9 Å². The van der Waals surface area contributed by atoms with E-state index >= 15 is 0 Å². The molecule has 1 rings (SSSR count). The number of anilines is 2. The van der Waals surface area contributed by atoms with Crippen LogP contribution < -0.4 is 11.5 Å². The summed E-state index contributed by atoms with van der Waals surface area (Å²) in [6.45, 7) is 0. The summed E-state index contributed by atoms with van der Waals surface area (Å²) in [7, 11) is 4.07. The van der Waals surface area contributed by atoms with Gasteiger partial charge in [0.2, 0.25) is 11.9 Å². The van der Waals surface area contributed by atoms with Crippen molar-refractivity contribution in [1.82, 2.24) is 19.9 Å². The summed E-state index contributed by atoms with van der Waals surface area (Å²) in [4.78, 5) is 13.8. The fourth-order valence-electron chi connectivity index (χ4n) is 0.979. The molecule has 1 aromatic heterocycles. The van der Waals surface area contributed by atoms with Gasteiger partial charge in [-0.05, 0) is 14.1 Å². The largest absolute Gasteiger partial charge is 0.368 e. The van der Waals surface area contributed by atoms with Crippen LogP contribution in [0.1, 0.15) is 5.82 Å². The monoisotopic (exact) mass is 228 g/mol. The van der Waals surface area contributed by atoms with Gasteiger partial charge in [-0.15, -0.1) is 11.8 Å². The number of aromatic nitrogens is 3. The molecule has 0 atom stereocenters. The molecule has 4 N–H and O–H groups in total. The summed E-state index contributed by atoms with van der Waals surface area (Å²) in [5.74, 6) is 2.97. The Morgan fingerprint density at radius 1 is 1.13 bits per heavy atom. The summed E-state index contributed by atoms with van der Waals surface area (Å²) in [5, 5.41) is 0. The summed E-state index contributed by atoms with van der Waals surface area (Å²) >= 11 is 1.81. The van der Waals surface area contributed by atoms with Crippen molar-refractivity contribution in [2.45, 2.75) is 6.42 Å². The fraction of sp³-hybridized carbons (Fsp3) is 0.625. The van der Waals surface area contributed by atoms with Crippen LogP contribution in [0.3, 0.4) is 0 Å². The first-order valence-corrected chi connectivity index (χ1v) is 5.72. The van der Waals surface area contributed by atoms with Crippen LogP contribution in [0.15, 0.2) is 0 Å². The second-order valence-electron chi connectivity index (χ2n) is 3.34. The van der Waals surface area contributed by atoms with E-state index in [-0.39, 0.29) is 11.9 Å². The maximum Gasteiger partial charge on any atom is 0.225 e. The molecule has 0 spiro atoms. The quantitative estimate of drug-likeness (QED) is 0.533. The number of thioether (sulfide) groups is 1. The molecule has 0 saturated heterocycles. The zero-order chi connectivity index (χ0) is 11.3. The Morgan fingerprint density at radius 3 is 2.27 bits per heavy atom. The lowest BCUT2D eigenvalue weighted by molar-refractivity contribution is 0.485. The molecule has 0 saturated carbocycles. The zero-order valence-corrected chi connectivity index (χ0v) is 9.79. The molecule has 0 radical (unpaired) electrons. The molecular weight excluding hydrogens is 212 g/mol. The number of rotatable bonds is 5. The van der Waals surface area contributed by atoms with E-state index in [4.69, 9.17) is 11.5 Å². The van der Waals surface area contributed by atoms with Gasteiger partial charge in [-0.2, -0.15) is 15.0 Å². The lowest BCUT2D eigenvalue weighted by Gasteiger charge is -2.08. The van der Waals surface area contributed by atoms with Crippen molar-refractivity contribution >= 4 is 23.7 Å². The average molecular weight is 228 g/mol.